The predicted octanol–water partition coefficient (Wildman–Crippen LogP) is 2.54. The number of halogens is 4. The molecule has 0 aliphatic carbocycles. The minimum atomic E-state index is -4.94. The molecule has 0 fully saturated rings. The fourth-order valence-corrected chi connectivity index (χ4v) is 1.23. The first-order valence-corrected chi connectivity index (χ1v) is 4.79. The number of pyridine rings is 1. The molecule has 1 heterocycles. The standard InChI is InChI=1S/C9H7ClF3NO3/c1-16-8-7(17-9(11,12)13)5(4-15)2-6(3-10)14-8/h2,4H,3H2,1H3. The Balaban J connectivity index is 3.29. The number of carbonyl (C=O) groups excluding carboxylic acids is 1. The minimum absolute atomic E-state index is 0.0660. The topological polar surface area (TPSA) is 48.4 Å². The largest absolute Gasteiger partial charge is 0.573 e. The molecule has 94 valence electrons. The summed E-state index contributed by atoms with van der Waals surface area (Å²) in [5.41, 5.74) is -0.120. The van der Waals surface area contributed by atoms with E-state index in [2.05, 4.69) is 14.5 Å². The van der Waals surface area contributed by atoms with Gasteiger partial charge in [0.2, 0.25) is 5.75 Å². The van der Waals surface area contributed by atoms with Crippen molar-refractivity contribution in [1.82, 2.24) is 4.98 Å². The normalized spacial score (nSPS) is 11.1. The van der Waals surface area contributed by atoms with Crippen LogP contribution in [0.4, 0.5) is 13.2 Å². The van der Waals surface area contributed by atoms with Crippen molar-refractivity contribution in [1.29, 1.82) is 0 Å². The Morgan fingerprint density at radius 2 is 2.18 bits per heavy atom. The summed E-state index contributed by atoms with van der Waals surface area (Å²) in [6, 6.07) is 1.10. The van der Waals surface area contributed by atoms with Crippen LogP contribution in [0.25, 0.3) is 0 Å². The lowest BCUT2D eigenvalue weighted by Gasteiger charge is -2.14. The van der Waals surface area contributed by atoms with Crippen molar-refractivity contribution >= 4 is 17.9 Å². The fraction of sp³-hybridized carbons (Fsp3) is 0.333. The molecule has 8 heteroatoms. The zero-order valence-corrected chi connectivity index (χ0v) is 9.30. The van der Waals surface area contributed by atoms with Crippen LogP contribution in [0.1, 0.15) is 16.1 Å². The van der Waals surface area contributed by atoms with E-state index in [4.69, 9.17) is 11.6 Å². The van der Waals surface area contributed by atoms with E-state index in [-0.39, 0.29) is 23.4 Å². The number of aromatic nitrogens is 1. The molecule has 0 saturated heterocycles. The van der Waals surface area contributed by atoms with Gasteiger partial charge in [-0.1, -0.05) is 0 Å². The number of rotatable bonds is 4. The number of alkyl halides is 4. The Hall–Kier alpha value is -1.50. The molecule has 0 atom stereocenters. The first-order chi connectivity index (χ1) is 7.91. The van der Waals surface area contributed by atoms with Crippen molar-refractivity contribution in [3.05, 3.63) is 17.3 Å². The van der Waals surface area contributed by atoms with Gasteiger partial charge in [-0.15, -0.1) is 24.8 Å². The van der Waals surface area contributed by atoms with Crippen molar-refractivity contribution in [2.24, 2.45) is 0 Å². The highest BCUT2D eigenvalue weighted by Crippen LogP contribution is 2.34. The molecule has 1 aromatic rings. The number of hydrogen-bond donors (Lipinski definition) is 0. The molecule has 0 bridgehead atoms. The molecule has 0 spiro atoms. The summed E-state index contributed by atoms with van der Waals surface area (Å²) in [6.07, 6.45) is -4.73. The number of ether oxygens (including phenoxy) is 2. The van der Waals surface area contributed by atoms with E-state index in [1.54, 1.807) is 0 Å². The van der Waals surface area contributed by atoms with Crippen LogP contribution in [0.3, 0.4) is 0 Å². The molecule has 0 aromatic carbocycles. The molecular formula is C9H7ClF3NO3. The van der Waals surface area contributed by atoms with Gasteiger partial charge in [0.1, 0.15) is 0 Å². The first kappa shape index (κ1) is 13.6. The summed E-state index contributed by atoms with van der Waals surface area (Å²) in [7, 11) is 1.11. The Kier molecular flexibility index (Phi) is 4.17. The summed E-state index contributed by atoms with van der Waals surface area (Å²) < 4.78 is 44.6. The van der Waals surface area contributed by atoms with Crippen molar-refractivity contribution in [3.63, 3.8) is 0 Å². The maximum absolute atomic E-state index is 12.1. The highest BCUT2D eigenvalue weighted by molar-refractivity contribution is 6.16. The smallest absolute Gasteiger partial charge is 0.478 e. The molecule has 0 amide bonds. The maximum atomic E-state index is 12.1. The third kappa shape index (κ3) is 3.48. The van der Waals surface area contributed by atoms with Gasteiger partial charge in [-0.3, -0.25) is 4.79 Å². The van der Waals surface area contributed by atoms with Crippen LogP contribution in [0, 0.1) is 0 Å². The maximum Gasteiger partial charge on any atom is 0.573 e. The van der Waals surface area contributed by atoms with E-state index >= 15 is 0 Å². The molecule has 0 radical (unpaired) electrons. The number of methoxy groups -OCH3 is 1. The van der Waals surface area contributed by atoms with Crippen LogP contribution in [0.2, 0.25) is 0 Å². The molecule has 0 aliphatic rings. The molecule has 1 aromatic heterocycles. The van der Waals surface area contributed by atoms with Crippen LogP contribution in [0.5, 0.6) is 11.6 Å². The van der Waals surface area contributed by atoms with Crippen LogP contribution < -0.4 is 9.47 Å². The van der Waals surface area contributed by atoms with Gasteiger partial charge in [0.15, 0.2) is 6.29 Å². The second-order valence-corrected chi connectivity index (χ2v) is 3.11. The van der Waals surface area contributed by atoms with E-state index in [9.17, 15) is 18.0 Å². The van der Waals surface area contributed by atoms with Gasteiger partial charge in [0, 0.05) is 0 Å². The van der Waals surface area contributed by atoms with Crippen LogP contribution in [-0.4, -0.2) is 24.7 Å². The number of aldehydes is 1. The molecule has 0 unspecified atom stereocenters. The fourth-order valence-electron chi connectivity index (χ4n) is 1.09. The van der Waals surface area contributed by atoms with E-state index in [1.807, 2.05) is 0 Å². The Bertz CT molecular complexity index is 423. The number of hydrogen-bond acceptors (Lipinski definition) is 4. The first-order valence-electron chi connectivity index (χ1n) is 4.26. The summed E-state index contributed by atoms with van der Waals surface area (Å²) >= 11 is 5.47. The van der Waals surface area contributed by atoms with E-state index < -0.39 is 18.0 Å². The average molecular weight is 270 g/mol. The Morgan fingerprint density at radius 3 is 2.59 bits per heavy atom. The monoisotopic (exact) mass is 269 g/mol. The van der Waals surface area contributed by atoms with Gasteiger partial charge >= 0.3 is 6.36 Å². The van der Waals surface area contributed by atoms with E-state index in [0.29, 0.717) is 0 Å². The van der Waals surface area contributed by atoms with Gasteiger partial charge in [-0.05, 0) is 6.07 Å². The second-order valence-electron chi connectivity index (χ2n) is 2.84. The lowest BCUT2D eigenvalue weighted by atomic mass is 10.2. The van der Waals surface area contributed by atoms with Crippen LogP contribution >= 0.6 is 11.6 Å². The zero-order chi connectivity index (χ0) is 13.1. The van der Waals surface area contributed by atoms with Crippen molar-refractivity contribution in [2.75, 3.05) is 7.11 Å². The van der Waals surface area contributed by atoms with Crippen LogP contribution in [0.15, 0.2) is 6.07 Å². The van der Waals surface area contributed by atoms with Gasteiger partial charge in [0.25, 0.3) is 5.88 Å². The molecule has 0 saturated carbocycles. The number of carbonyl (C=O) groups is 1. The highest BCUT2D eigenvalue weighted by atomic mass is 35.5. The summed E-state index contributed by atoms with van der Waals surface area (Å²) in [5, 5.41) is 0. The second kappa shape index (κ2) is 5.22. The summed E-state index contributed by atoms with van der Waals surface area (Å²) in [6.45, 7) is 0. The molecule has 0 aliphatic heterocycles. The quantitative estimate of drug-likeness (QED) is 0.622. The summed E-state index contributed by atoms with van der Waals surface area (Å²) in [4.78, 5) is 14.3. The van der Waals surface area contributed by atoms with Crippen molar-refractivity contribution in [2.45, 2.75) is 12.2 Å². The van der Waals surface area contributed by atoms with Crippen LogP contribution in [-0.2, 0) is 5.88 Å². The third-order valence-corrected chi connectivity index (χ3v) is 1.97. The van der Waals surface area contributed by atoms with Crippen molar-refractivity contribution < 1.29 is 27.4 Å². The minimum Gasteiger partial charge on any atom is -0.478 e. The molecule has 4 nitrogen and oxygen atoms in total. The SMILES string of the molecule is COc1nc(CCl)cc(C=O)c1OC(F)(F)F. The Labute approximate surface area is 99.3 Å². The Morgan fingerprint density at radius 1 is 1.53 bits per heavy atom. The lowest BCUT2D eigenvalue weighted by molar-refractivity contribution is -0.275. The molecule has 0 N–H and O–H groups in total. The average Bonchev–Trinajstić information content (AvgIpc) is 2.27. The predicted molar refractivity (Wildman–Crippen MR) is 52.4 cm³/mol. The third-order valence-electron chi connectivity index (χ3n) is 1.70. The van der Waals surface area contributed by atoms with Crippen molar-refractivity contribution in [3.8, 4) is 11.6 Å². The van der Waals surface area contributed by atoms with Gasteiger partial charge in [0.05, 0.1) is 24.2 Å². The van der Waals surface area contributed by atoms with E-state index in [1.165, 1.54) is 0 Å². The molecule has 17 heavy (non-hydrogen) atoms. The van der Waals surface area contributed by atoms with Gasteiger partial charge < -0.3 is 9.47 Å². The van der Waals surface area contributed by atoms with E-state index in [0.717, 1.165) is 13.2 Å². The van der Waals surface area contributed by atoms with Gasteiger partial charge in [-0.2, -0.15) is 0 Å². The van der Waals surface area contributed by atoms with Gasteiger partial charge in [-0.25, -0.2) is 4.98 Å². The molecular weight excluding hydrogens is 263 g/mol. The summed E-state index contributed by atoms with van der Waals surface area (Å²) in [5.74, 6) is -1.28. The number of nitrogens with zero attached hydrogens (tertiary/aromatic N) is 1. The zero-order valence-electron chi connectivity index (χ0n) is 8.55. The lowest BCUT2D eigenvalue weighted by Crippen LogP contribution is -2.19. The highest BCUT2D eigenvalue weighted by Gasteiger charge is 2.34. The molecule has 1 rings (SSSR count).